The van der Waals surface area contributed by atoms with Gasteiger partial charge in [0, 0.05) is 12.6 Å². The van der Waals surface area contributed by atoms with E-state index in [0.29, 0.717) is 11.2 Å². The lowest BCUT2D eigenvalue weighted by molar-refractivity contribution is 0.567. The highest BCUT2D eigenvalue weighted by Crippen LogP contribution is 2.23. The molecule has 0 fully saturated rings. The molecule has 1 N–H and O–H groups in total. The first-order valence-electron chi connectivity index (χ1n) is 8.60. The lowest BCUT2D eigenvalue weighted by atomic mass is 10.1. The minimum atomic E-state index is -3.68. The van der Waals surface area contributed by atoms with Gasteiger partial charge in [-0.05, 0) is 49.6 Å². The molecule has 0 radical (unpaired) electrons. The number of hydrogen-bond donors (Lipinski definition) is 1. The van der Waals surface area contributed by atoms with Crippen molar-refractivity contribution in [3.05, 3.63) is 63.3 Å². The molecule has 26 heavy (non-hydrogen) atoms. The Labute approximate surface area is 157 Å². The van der Waals surface area contributed by atoms with E-state index >= 15 is 0 Å². The average molecular weight is 391 g/mol. The minimum absolute atomic E-state index is 0.0746. The van der Waals surface area contributed by atoms with Crippen molar-refractivity contribution in [2.75, 3.05) is 0 Å². The number of hydrogen-bond acceptors (Lipinski definition) is 4. The Hall–Kier alpha value is -1.96. The van der Waals surface area contributed by atoms with E-state index in [0.717, 1.165) is 28.8 Å². The maximum absolute atomic E-state index is 12.8. The van der Waals surface area contributed by atoms with Gasteiger partial charge in [0.15, 0.2) is 0 Å². The van der Waals surface area contributed by atoms with Gasteiger partial charge in [-0.1, -0.05) is 42.5 Å². The standard InChI is InChI=1S/C19H22N2O3S2/c1-4-14-6-8-15(9-7-14)13(3)20-26(23,24)16-10-11-17-18(12-16)25-19(22)21(17)5-2/h6-13,20H,4-5H2,1-3H3/t13-/m1/s1. The van der Waals surface area contributed by atoms with Crippen molar-refractivity contribution in [3.63, 3.8) is 0 Å². The lowest BCUT2D eigenvalue weighted by Crippen LogP contribution is -2.26. The summed E-state index contributed by atoms with van der Waals surface area (Å²) in [5, 5.41) is 0. The second-order valence-corrected chi connectivity index (χ2v) is 8.89. The Kier molecular flexibility index (Phi) is 5.32. The van der Waals surface area contributed by atoms with E-state index < -0.39 is 10.0 Å². The largest absolute Gasteiger partial charge is 0.308 e. The van der Waals surface area contributed by atoms with Gasteiger partial charge >= 0.3 is 4.87 Å². The predicted octanol–water partition coefficient (Wildman–Crippen LogP) is 3.68. The Bertz CT molecular complexity index is 1080. The summed E-state index contributed by atoms with van der Waals surface area (Å²) in [5.74, 6) is 0. The fourth-order valence-electron chi connectivity index (χ4n) is 2.92. The zero-order valence-electron chi connectivity index (χ0n) is 15.0. The van der Waals surface area contributed by atoms with Crippen LogP contribution in [-0.2, 0) is 23.0 Å². The van der Waals surface area contributed by atoms with Crippen LogP contribution >= 0.6 is 11.3 Å². The Morgan fingerprint density at radius 2 is 1.81 bits per heavy atom. The zero-order chi connectivity index (χ0) is 18.9. The SMILES string of the molecule is CCc1ccc([C@@H](C)NS(=O)(=O)c2ccc3c(c2)sc(=O)n3CC)cc1. The van der Waals surface area contributed by atoms with Crippen molar-refractivity contribution in [2.45, 2.75) is 44.7 Å². The summed E-state index contributed by atoms with van der Waals surface area (Å²) in [6.07, 6.45) is 0.945. The highest BCUT2D eigenvalue weighted by atomic mass is 32.2. The highest BCUT2D eigenvalue weighted by molar-refractivity contribution is 7.89. The molecule has 3 aromatic rings. The van der Waals surface area contributed by atoms with E-state index in [2.05, 4.69) is 11.6 Å². The number of sulfonamides is 1. The van der Waals surface area contributed by atoms with Gasteiger partial charge in [0.2, 0.25) is 10.0 Å². The van der Waals surface area contributed by atoms with E-state index in [1.807, 2.05) is 38.1 Å². The molecule has 0 bridgehead atoms. The van der Waals surface area contributed by atoms with Crippen LogP contribution in [0.2, 0.25) is 0 Å². The Morgan fingerprint density at radius 3 is 2.42 bits per heavy atom. The molecule has 0 saturated heterocycles. The van der Waals surface area contributed by atoms with Crippen LogP contribution in [0.25, 0.3) is 10.2 Å². The highest BCUT2D eigenvalue weighted by Gasteiger charge is 2.20. The van der Waals surface area contributed by atoms with Crippen molar-refractivity contribution in [2.24, 2.45) is 0 Å². The summed E-state index contributed by atoms with van der Waals surface area (Å²) in [6.45, 7) is 6.36. The third kappa shape index (κ3) is 3.60. The second-order valence-electron chi connectivity index (χ2n) is 6.18. The van der Waals surface area contributed by atoms with Crippen LogP contribution in [0.5, 0.6) is 0 Å². The van der Waals surface area contributed by atoms with E-state index in [1.54, 1.807) is 22.8 Å². The van der Waals surface area contributed by atoms with Crippen molar-refractivity contribution in [3.8, 4) is 0 Å². The van der Waals surface area contributed by atoms with Crippen LogP contribution < -0.4 is 9.60 Å². The zero-order valence-corrected chi connectivity index (χ0v) is 16.7. The summed E-state index contributed by atoms with van der Waals surface area (Å²) < 4.78 is 30.5. The van der Waals surface area contributed by atoms with Crippen LogP contribution in [0.4, 0.5) is 0 Å². The molecule has 1 atom stereocenters. The molecule has 1 heterocycles. The second kappa shape index (κ2) is 7.34. The number of nitrogens with one attached hydrogen (secondary N) is 1. The van der Waals surface area contributed by atoms with Gasteiger partial charge in [0.1, 0.15) is 0 Å². The third-order valence-corrected chi connectivity index (χ3v) is 6.97. The topological polar surface area (TPSA) is 68.2 Å². The predicted molar refractivity (Wildman–Crippen MR) is 106 cm³/mol. The monoisotopic (exact) mass is 390 g/mol. The molecular weight excluding hydrogens is 368 g/mol. The lowest BCUT2D eigenvalue weighted by Gasteiger charge is -2.15. The number of rotatable bonds is 6. The molecule has 7 heteroatoms. The van der Waals surface area contributed by atoms with E-state index in [9.17, 15) is 13.2 Å². The van der Waals surface area contributed by atoms with Crippen molar-refractivity contribution < 1.29 is 8.42 Å². The van der Waals surface area contributed by atoms with Crippen LogP contribution in [0.1, 0.15) is 37.9 Å². The van der Waals surface area contributed by atoms with E-state index in [4.69, 9.17) is 0 Å². The number of thiazole rings is 1. The maximum Gasteiger partial charge on any atom is 0.308 e. The molecule has 138 valence electrons. The molecule has 5 nitrogen and oxygen atoms in total. The van der Waals surface area contributed by atoms with Gasteiger partial charge in [-0.2, -0.15) is 0 Å². The summed E-state index contributed by atoms with van der Waals surface area (Å²) >= 11 is 1.07. The molecule has 0 unspecified atom stereocenters. The minimum Gasteiger partial charge on any atom is -0.299 e. The Balaban J connectivity index is 1.89. The fraction of sp³-hybridized carbons (Fsp3) is 0.316. The van der Waals surface area contributed by atoms with Gasteiger partial charge in [-0.25, -0.2) is 13.1 Å². The van der Waals surface area contributed by atoms with Crippen LogP contribution in [0, 0.1) is 0 Å². The molecule has 1 aromatic heterocycles. The molecular formula is C19H22N2O3S2. The first kappa shape index (κ1) is 18.8. The molecule has 0 amide bonds. The number of nitrogens with zero attached hydrogens (tertiary/aromatic N) is 1. The molecule has 0 saturated carbocycles. The normalized spacial score (nSPS) is 13.2. The summed E-state index contributed by atoms with van der Waals surface area (Å²) in [5.41, 5.74) is 2.89. The number of aryl methyl sites for hydroxylation is 2. The third-order valence-electron chi connectivity index (χ3n) is 4.49. The quantitative estimate of drug-likeness (QED) is 0.698. The molecule has 0 aliphatic heterocycles. The first-order chi connectivity index (χ1) is 12.4. The van der Waals surface area contributed by atoms with Gasteiger partial charge in [0.05, 0.1) is 15.1 Å². The van der Waals surface area contributed by atoms with E-state index in [-0.39, 0.29) is 15.8 Å². The van der Waals surface area contributed by atoms with Crippen LogP contribution in [0.15, 0.2) is 52.2 Å². The number of aromatic nitrogens is 1. The molecule has 0 aliphatic rings. The summed E-state index contributed by atoms with van der Waals surface area (Å²) in [7, 11) is -3.68. The average Bonchev–Trinajstić information content (AvgIpc) is 2.95. The van der Waals surface area contributed by atoms with Crippen molar-refractivity contribution >= 4 is 31.6 Å². The van der Waals surface area contributed by atoms with Crippen LogP contribution in [0.3, 0.4) is 0 Å². The van der Waals surface area contributed by atoms with Crippen molar-refractivity contribution in [1.82, 2.24) is 9.29 Å². The molecule has 0 spiro atoms. The van der Waals surface area contributed by atoms with Gasteiger partial charge in [0.25, 0.3) is 0 Å². The summed E-state index contributed by atoms with van der Waals surface area (Å²) in [6, 6.07) is 12.4. The van der Waals surface area contributed by atoms with Gasteiger partial charge < -0.3 is 0 Å². The summed E-state index contributed by atoms with van der Waals surface area (Å²) in [4.78, 5) is 12.1. The molecule has 3 rings (SSSR count). The van der Waals surface area contributed by atoms with Crippen LogP contribution in [-0.4, -0.2) is 13.0 Å². The molecule has 2 aromatic carbocycles. The maximum atomic E-state index is 12.8. The Morgan fingerprint density at radius 1 is 1.12 bits per heavy atom. The fourth-order valence-corrected chi connectivity index (χ4v) is 5.25. The van der Waals surface area contributed by atoms with Gasteiger partial charge in [-0.3, -0.25) is 9.36 Å². The molecule has 0 aliphatic carbocycles. The number of benzene rings is 2. The first-order valence-corrected chi connectivity index (χ1v) is 10.9. The van der Waals surface area contributed by atoms with E-state index in [1.165, 1.54) is 5.56 Å². The van der Waals surface area contributed by atoms with Gasteiger partial charge in [-0.15, -0.1) is 0 Å². The van der Waals surface area contributed by atoms with Crippen molar-refractivity contribution in [1.29, 1.82) is 0 Å². The number of fused-ring (bicyclic) bond motifs is 1. The smallest absolute Gasteiger partial charge is 0.299 e.